The maximum absolute atomic E-state index is 13.3. The smallest absolute Gasteiger partial charge is 0.334 e. The SMILES string of the molecule is Cc1cccc2c1n(-c1ccc(Br)cc1)c(=O)n2CC(=O)N1CCOCC1. The van der Waals surface area contributed by atoms with Gasteiger partial charge in [-0.25, -0.2) is 4.79 Å². The minimum Gasteiger partial charge on any atom is -0.378 e. The first-order valence-corrected chi connectivity index (χ1v) is 9.68. The first-order chi connectivity index (χ1) is 13.1. The summed E-state index contributed by atoms with van der Waals surface area (Å²) in [6.07, 6.45) is 0. The molecule has 2 aromatic carbocycles. The molecule has 6 nitrogen and oxygen atoms in total. The van der Waals surface area contributed by atoms with Crippen molar-refractivity contribution in [3.63, 3.8) is 0 Å². The van der Waals surface area contributed by atoms with Gasteiger partial charge in [-0.15, -0.1) is 0 Å². The predicted molar refractivity (Wildman–Crippen MR) is 107 cm³/mol. The molecule has 0 N–H and O–H groups in total. The minimum atomic E-state index is -0.205. The largest absolute Gasteiger partial charge is 0.378 e. The normalized spacial score (nSPS) is 14.7. The number of amides is 1. The Morgan fingerprint density at radius 2 is 1.81 bits per heavy atom. The summed E-state index contributed by atoms with van der Waals surface area (Å²) < 4.78 is 9.51. The molecule has 1 saturated heterocycles. The number of carbonyl (C=O) groups excluding carboxylic acids is 1. The van der Waals surface area contributed by atoms with Gasteiger partial charge in [-0.05, 0) is 42.8 Å². The van der Waals surface area contributed by atoms with E-state index in [-0.39, 0.29) is 18.1 Å². The summed E-state index contributed by atoms with van der Waals surface area (Å²) in [6.45, 7) is 4.23. The number of imidazole rings is 1. The van der Waals surface area contributed by atoms with E-state index in [0.29, 0.717) is 26.3 Å². The van der Waals surface area contributed by atoms with Crippen molar-refractivity contribution in [3.05, 3.63) is 63.0 Å². The van der Waals surface area contributed by atoms with Crippen molar-refractivity contribution in [2.24, 2.45) is 0 Å². The number of carbonyl (C=O) groups is 1. The molecular weight excluding hydrogens is 410 g/mol. The van der Waals surface area contributed by atoms with Gasteiger partial charge in [-0.1, -0.05) is 28.1 Å². The van der Waals surface area contributed by atoms with E-state index >= 15 is 0 Å². The Morgan fingerprint density at radius 1 is 1.11 bits per heavy atom. The third-order valence-electron chi connectivity index (χ3n) is 4.90. The van der Waals surface area contributed by atoms with Crippen molar-refractivity contribution < 1.29 is 9.53 Å². The number of fused-ring (bicyclic) bond motifs is 1. The van der Waals surface area contributed by atoms with Crippen LogP contribution in [-0.4, -0.2) is 46.2 Å². The van der Waals surface area contributed by atoms with Crippen molar-refractivity contribution in [1.29, 1.82) is 0 Å². The summed E-state index contributed by atoms with van der Waals surface area (Å²) in [7, 11) is 0. The Kier molecular flexibility index (Phi) is 4.88. The first kappa shape index (κ1) is 18.0. The van der Waals surface area contributed by atoms with Crippen LogP contribution in [0.5, 0.6) is 0 Å². The Labute approximate surface area is 165 Å². The van der Waals surface area contributed by atoms with Crippen molar-refractivity contribution in [2.75, 3.05) is 26.3 Å². The van der Waals surface area contributed by atoms with Crippen LogP contribution in [0.15, 0.2) is 51.7 Å². The third kappa shape index (κ3) is 3.33. The first-order valence-electron chi connectivity index (χ1n) is 8.88. The number of hydrogen-bond acceptors (Lipinski definition) is 3. The van der Waals surface area contributed by atoms with Gasteiger partial charge in [0, 0.05) is 17.6 Å². The molecule has 0 radical (unpaired) electrons. The molecule has 0 unspecified atom stereocenters. The van der Waals surface area contributed by atoms with Crippen LogP contribution in [0.1, 0.15) is 5.56 Å². The number of aryl methyl sites for hydroxylation is 1. The van der Waals surface area contributed by atoms with Crippen LogP contribution in [0.25, 0.3) is 16.7 Å². The highest BCUT2D eigenvalue weighted by molar-refractivity contribution is 9.10. The summed E-state index contributed by atoms with van der Waals surface area (Å²) in [5, 5.41) is 0. The number of aromatic nitrogens is 2. The summed E-state index contributed by atoms with van der Waals surface area (Å²) in [5.41, 5.74) is 3.16. The molecular formula is C20H20BrN3O3. The van der Waals surface area contributed by atoms with E-state index in [0.717, 1.165) is 26.8 Å². The molecule has 1 aliphatic rings. The Hall–Kier alpha value is -2.38. The third-order valence-corrected chi connectivity index (χ3v) is 5.42. The molecule has 0 spiro atoms. The molecule has 27 heavy (non-hydrogen) atoms. The lowest BCUT2D eigenvalue weighted by Crippen LogP contribution is -2.43. The zero-order valence-electron chi connectivity index (χ0n) is 15.0. The molecule has 1 aliphatic heterocycles. The molecule has 0 atom stereocenters. The summed E-state index contributed by atoms with van der Waals surface area (Å²) >= 11 is 3.43. The van der Waals surface area contributed by atoms with Crippen molar-refractivity contribution in [2.45, 2.75) is 13.5 Å². The average molecular weight is 430 g/mol. The van der Waals surface area contributed by atoms with E-state index in [1.807, 2.05) is 49.4 Å². The van der Waals surface area contributed by atoms with Gasteiger partial charge in [0.15, 0.2) is 0 Å². The number of halogens is 1. The van der Waals surface area contributed by atoms with E-state index in [1.54, 1.807) is 14.0 Å². The van der Waals surface area contributed by atoms with E-state index in [9.17, 15) is 9.59 Å². The van der Waals surface area contributed by atoms with E-state index < -0.39 is 0 Å². The lowest BCUT2D eigenvalue weighted by Gasteiger charge is -2.26. The Bertz CT molecular complexity index is 1050. The van der Waals surface area contributed by atoms with Gasteiger partial charge in [-0.2, -0.15) is 0 Å². The average Bonchev–Trinajstić information content (AvgIpc) is 2.96. The topological polar surface area (TPSA) is 56.5 Å². The molecule has 1 amide bonds. The number of benzene rings is 2. The number of para-hydroxylation sites is 1. The quantitative estimate of drug-likeness (QED) is 0.642. The van der Waals surface area contributed by atoms with Gasteiger partial charge in [0.05, 0.1) is 29.9 Å². The summed E-state index contributed by atoms with van der Waals surface area (Å²) in [4.78, 5) is 27.8. The van der Waals surface area contributed by atoms with E-state index in [4.69, 9.17) is 4.74 Å². The Balaban J connectivity index is 1.83. The number of ether oxygens (including phenoxy) is 1. The molecule has 0 saturated carbocycles. The molecule has 2 heterocycles. The number of morpholine rings is 1. The van der Waals surface area contributed by atoms with Gasteiger partial charge in [0.25, 0.3) is 0 Å². The van der Waals surface area contributed by atoms with Crippen LogP contribution in [0.4, 0.5) is 0 Å². The molecule has 140 valence electrons. The summed E-state index contributed by atoms with van der Waals surface area (Å²) in [5.74, 6) is -0.0586. The van der Waals surface area contributed by atoms with Crippen LogP contribution in [0, 0.1) is 6.92 Å². The monoisotopic (exact) mass is 429 g/mol. The predicted octanol–water partition coefficient (Wildman–Crippen LogP) is 2.72. The van der Waals surface area contributed by atoms with Gasteiger partial charge in [-0.3, -0.25) is 13.9 Å². The molecule has 4 rings (SSSR count). The highest BCUT2D eigenvalue weighted by Gasteiger charge is 2.22. The lowest BCUT2D eigenvalue weighted by atomic mass is 10.2. The lowest BCUT2D eigenvalue weighted by molar-refractivity contribution is -0.135. The highest BCUT2D eigenvalue weighted by atomic mass is 79.9. The van der Waals surface area contributed by atoms with Gasteiger partial charge in [0.2, 0.25) is 5.91 Å². The summed E-state index contributed by atoms with van der Waals surface area (Å²) in [6, 6.07) is 13.4. The van der Waals surface area contributed by atoms with Crippen LogP contribution in [0.2, 0.25) is 0 Å². The fraction of sp³-hybridized carbons (Fsp3) is 0.300. The molecule has 1 fully saturated rings. The standard InChI is InChI=1S/C20H20BrN3O3/c1-14-3-2-4-17-19(14)24(16-7-5-15(21)6-8-16)20(26)23(17)13-18(25)22-9-11-27-12-10-22/h2-8H,9-13H2,1H3. The zero-order valence-corrected chi connectivity index (χ0v) is 16.6. The molecule has 0 bridgehead atoms. The van der Waals surface area contributed by atoms with E-state index in [1.165, 1.54) is 0 Å². The van der Waals surface area contributed by atoms with Crippen LogP contribution >= 0.6 is 15.9 Å². The fourth-order valence-corrected chi connectivity index (χ4v) is 3.77. The molecule has 3 aromatic rings. The van der Waals surface area contributed by atoms with Crippen molar-refractivity contribution >= 4 is 32.9 Å². The van der Waals surface area contributed by atoms with Gasteiger partial charge < -0.3 is 9.64 Å². The second-order valence-electron chi connectivity index (χ2n) is 6.62. The Morgan fingerprint density at radius 3 is 2.52 bits per heavy atom. The maximum atomic E-state index is 13.3. The van der Waals surface area contributed by atoms with Gasteiger partial charge in [0.1, 0.15) is 6.54 Å². The van der Waals surface area contributed by atoms with Crippen molar-refractivity contribution in [3.8, 4) is 5.69 Å². The molecule has 1 aromatic heterocycles. The zero-order chi connectivity index (χ0) is 19.0. The fourth-order valence-electron chi connectivity index (χ4n) is 3.50. The molecule has 0 aliphatic carbocycles. The van der Waals surface area contributed by atoms with Crippen LogP contribution < -0.4 is 5.69 Å². The molecule has 7 heteroatoms. The number of rotatable bonds is 3. The second kappa shape index (κ2) is 7.32. The number of hydrogen-bond donors (Lipinski definition) is 0. The highest BCUT2D eigenvalue weighted by Crippen LogP contribution is 2.22. The van der Waals surface area contributed by atoms with Crippen LogP contribution in [0.3, 0.4) is 0 Å². The number of nitrogens with zero attached hydrogens (tertiary/aromatic N) is 3. The second-order valence-corrected chi connectivity index (χ2v) is 7.53. The van der Waals surface area contributed by atoms with Gasteiger partial charge >= 0.3 is 5.69 Å². The minimum absolute atomic E-state index is 0.0301. The van der Waals surface area contributed by atoms with Crippen molar-refractivity contribution in [1.82, 2.24) is 14.0 Å². The van der Waals surface area contributed by atoms with E-state index in [2.05, 4.69) is 15.9 Å². The maximum Gasteiger partial charge on any atom is 0.334 e. The van der Waals surface area contributed by atoms with Crippen LogP contribution in [-0.2, 0) is 16.1 Å².